The Balaban J connectivity index is 1.49. The zero-order valence-electron chi connectivity index (χ0n) is 19.4. The molecule has 2 heterocycles. The number of hydrogen-bond acceptors (Lipinski definition) is 7. The molecule has 1 aromatic heterocycles. The van der Waals surface area contributed by atoms with Crippen LogP contribution in [0.4, 0.5) is 16.0 Å². The van der Waals surface area contributed by atoms with Crippen molar-refractivity contribution in [3.8, 4) is 17.2 Å². The maximum atomic E-state index is 14.5. The SMILES string of the molecule is COc1ccc(N2CCN(c3oc(-c4ccccc4F)nc3S(=O)(=O)c3ccc(Br)cc3)CC2)cc1. The van der Waals surface area contributed by atoms with E-state index < -0.39 is 15.7 Å². The van der Waals surface area contributed by atoms with Crippen LogP contribution < -0.4 is 14.5 Å². The lowest BCUT2D eigenvalue weighted by Crippen LogP contribution is -2.46. The molecule has 0 bridgehead atoms. The van der Waals surface area contributed by atoms with Crippen LogP contribution in [-0.2, 0) is 9.84 Å². The lowest BCUT2D eigenvalue weighted by molar-refractivity contribution is 0.415. The molecule has 1 saturated heterocycles. The third-order valence-electron chi connectivity index (χ3n) is 6.07. The second kappa shape index (κ2) is 9.94. The van der Waals surface area contributed by atoms with Crippen molar-refractivity contribution in [1.82, 2.24) is 4.98 Å². The highest BCUT2D eigenvalue weighted by molar-refractivity contribution is 9.10. The van der Waals surface area contributed by atoms with Gasteiger partial charge in [0.05, 0.1) is 17.6 Å². The van der Waals surface area contributed by atoms with Crippen LogP contribution in [0, 0.1) is 5.82 Å². The number of rotatable bonds is 6. The van der Waals surface area contributed by atoms with E-state index in [0.29, 0.717) is 26.2 Å². The summed E-state index contributed by atoms with van der Waals surface area (Å²) in [6.07, 6.45) is 0. The molecule has 0 amide bonds. The van der Waals surface area contributed by atoms with Crippen molar-refractivity contribution in [2.45, 2.75) is 9.92 Å². The van der Waals surface area contributed by atoms with Crippen molar-refractivity contribution in [2.24, 2.45) is 0 Å². The lowest BCUT2D eigenvalue weighted by Gasteiger charge is -2.36. The van der Waals surface area contributed by atoms with Gasteiger partial charge in [-0.2, -0.15) is 4.98 Å². The van der Waals surface area contributed by atoms with E-state index in [2.05, 4.69) is 25.8 Å². The Morgan fingerprint density at radius 2 is 1.56 bits per heavy atom. The average molecular weight is 572 g/mol. The second-order valence-corrected chi connectivity index (χ2v) is 11.0. The van der Waals surface area contributed by atoms with Gasteiger partial charge >= 0.3 is 0 Å². The summed E-state index contributed by atoms with van der Waals surface area (Å²) in [7, 11) is -2.40. The number of nitrogens with zero attached hydrogens (tertiary/aromatic N) is 3. The Kier molecular flexibility index (Phi) is 6.72. The Morgan fingerprint density at radius 1 is 0.917 bits per heavy atom. The van der Waals surface area contributed by atoms with E-state index in [1.54, 1.807) is 31.4 Å². The van der Waals surface area contributed by atoms with Gasteiger partial charge in [-0.25, -0.2) is 12.8 Å². The topological polar surface area (TPSA) is 75.9 Å². The van der Waals surface area contributed by atoms with Gasteiger partial charge in [-0.3, -0.25) is 0 Å². The molecule has 36 heavy (non-hydrogen) atoms. The number of oxazole rings is 1. The third-order valence-corrected chi connectivity index (χ3v) is 8.26. The minimum atomic E-state index is -4.03. The zero-order valence-corrected chi connectivity index (χ0v) is 21.8. The van der Waals surface area contributed by atoms with Gasteiger partial charge in [-0.1, -0.05) is 28.1 Å². The van der Waals surface area contributed by atoms with E-state index in [-0.39, 0.29) is 27.3 Å². The Bertz CT molecular complexity index is 1470. The van der Waals surface area contributed by atoms with Gasteiger partial charge in [0.15, 0.2) is 0 Å². The molecule has 1 aliphatic rings. The minimum absolute atomic E-state index is 0.0728. The first kappa shape index (κ1) is 24.3. The first-order valence-corrected chi connectivity index (χ1v) is 13.5. The zero-order chi connectivity index (χ0) is 25.3. The summed E-state index contributed by atoms with van der Waals surface area (Å²) in [6.45, 7) is 2.28. The van der Waals surface area contributed by atoms with E-state index in [4.69, 9.17) is 9.15 Å². The molecular weight excluding hydrogens is 549 g/mol. The van der Waals surface area contributed by atoms with Gasteiger partial charge in [0, 0.05) is 36.3 Å². The maximum absolute atomic E-state index is 14.5. The molecule has 10 heteroatoms. The van der Waals surface area contributed by atoms with Crippen LogP contribution in [-0.4, -0.2) is 46.7 Å². The number of hydrogen-bond donors (Lipinski definition) is 0. The van der Waals surface area contributed by atoms with Crippen LogP contribution in [0.15, 0.2) is 91.6 Å². The molecule has 3 aromatic carbocycles. The van der Waals surface area contributed by atoms with E-state index in [0.717, 1.165) is 15.9 Å². The molecule has 0 radical (unpaired) electrons. The Hall–Kier alpha value is -3.37. The highest BCUT2D eigenvalue weighted by Crippen LogP contribution is 2.36. The number of anilines is 2. The van der Waals surface area contributed by atoms with Gasteiger partial charge in [-0.15, -0.1) is 0 Å². The fraction of sp³-hybridized carbons (Fsp3) is 0.192. The summed E-state index contributed by atoms with van der Waals surface area (Å²) < 4.78 is 53.7. The number of ether oxygens (including phenoxy) is 1. The quantitative estimate of drug-likeness (QED) is 0.306. The molecule has 5 rings (SSSR count). The smallest absolute Gasteiger partial charge is 0.236 e. The van der Waals surface area contributed by atoms with E-state index >= 15 is 0 Å². The van der Waals surface area contributed by atoms with Crippen LogP contribution in [0.1, 0.15) is 0 Å². The van der Waals surface area contributed by atoms with Crippen molar-refractivity contribution < 1.29 is 22.0 Å². The van der Waals surface area contributed by atoms with Gasteiger partial charge in [-0.05, 0) is 60.7 Å². The van der Waals surface area contributed by atoms with Crippen LogP contribution in [0.5, 0.6) is 5.75 Å². The van der Waals surface area contributed by atoms with Crippen LogP contribution in [0.25, 0.3) is 11.5 Å². The number of piperazine rings is 1. The van der Waals surface area contributed by atoms with Gasteiger partial charge in [0.2, 0.25) is 26.6 Å². The Labute approximate surface area is 217 Å². The predicted molar refractivity (Wildman–Crippen MR) is 139 cm³/mol. The van der Waals surface area contributed by atoms with Crippen molar-refractivity contribution in [3.63, 3.8) is 0 Å². The first-order valence-electron chi connectivity index (χ1n) is 11.3. The van der Waals surface area contributed by atoms with Crippen molar-refractivity contribution in [2.75, 3.05) is 43.1 Å². The standard InChI is InChI=1S/C26H23BrFN3O4S/c1-34-20-10-8-19(9-11-20)30-14-16-31(17-15-30)26-25(36(32,33)21-12-6-18(27)7-13-21)29-24(35-26)22-4-2-3-5-23(22)28/h2-13H,14-17H2,1H3. The van der Waals surface area contributed by atoms with Crippen molar-refractivity contribution in [1.29, 1.82) is 0 Å². The number of sulfone groups is 1. The van der Waals surface area contributed by atoms with Crippen LogP contribution >= 0.6 is 15.9 Å². The number of methoxy groups -OCH3 is 1. The normalized spacial score (nSPS) is 14.2. The molecule has 4 aromatic rings. The minimum Gasteiger partial charge on any atom is -0.497 e. The molecule has 7 nitrogen and oxygen atoms in total. The van der Waals surface area contributed by atoms with E-state index in [1.165, 1.54) is 24.3 Å². The third kappa shape index (κ3) is 4.70. The predicted octanol–water partition coefficient (Wildman–Crippen LogP) is 5.41. The summed E-state index contributed by atoms with van der Waals surface area (Å²) in [5, 5.41) is -0.221. The lowest BCUT2D eigenvalue weighted by atomic mass is 10.2. The molecule has 1 aliphatic heterocycles. The summed E-state index contributed by atoms with van der Waals surface area (Å²) >= 11 is 3.33. The highest BCUT2D eigenvalue weighted by atomic mass is 79.9. The number of benzene rings is 3. The van der Waals surface area contributed by atoms with Gasteiger partial charge in [0.1, 0.15) is 11.6 Å². The van der Waals surface area contributed by atoms with Crippen molar-refractivity contribution in [3.05, 3.63) is 83.1 Å². The maximum Gasteiger partial charge on any atom is 0.236 e. The fourth-order valence-corrected chi connectivity index (χ4v) is 5.69. The molecule has 186 valence electrons. The highest BCUT2D eigenvalue weighted by Gasteiger charge is 2.33. The fourth-order valence-electron chi connectivity index (χ4n) is 4.11. The summed E-state index contributed by atoms with van der Waals surface area (Å²) in [6, 6.07) is 20.1. The van der Waals surface area contributed by atoms with Crippen LogP contribution in [0.2, 0.25) is 0 Å². The monoisotopic (exact) mass is 571 g/mol. The molecular formula is C26H23BrFN3O4S. The van der Waals surface area contributed by atoms with Gasteiger partial charge in [0.25, 0.3) is 0 Å². The molecule has 0 atom stereocenters. The number of halogens is 2. The molecule has 1 fully saturated rings. The summed E-state index contributed by atoms with van der Waals surface area (Å²) in [5.74, 6) is 0.284. The van der Waals surface area contributed by atoms with E-state index in [1.807, 2.05) is 29.2 Å². The molecule has 0 N–H and O–H groups in total. The molecule has 0 aliphatic carbocycles. The first-order chi connectivity index (χ1) is 17.4. The van der Waals surface area contributed by atoms with E-state index in [9.17, 15) is 12.8 Å². The largest absolute Gasteiger partial charge is 0.497 e. The van der Waals surface area contributed by atoms with Gasteiger partial charge < -0.3 is 19.0 Å². The van der Waals surface area contributed by atoms with Crippen LogP contribution in [0.3, 0.4) is 0 Å². The second-order valence-electron chi connectivity index (χ2n) is 8.24. The molecule has 0 saturated carbocycles. The molecule has 0 unspecified atom stereocenters. The van der Waals surface area contributed by atoms with Crippen molar-refractivity contribution >= 4 is 37.3 Å². The Morgan fingerprint density at radius 3 is 2.19 bits per heavy atom. The average Bonchev–Trinajstić information content (AvgIpc) is 3.36. The summed E-state index contributed by atoms with van der Waals surface area (Å²) in [4.78, 5) is 8.44. The number of aromatic nitrogens is 1. The summed E-state index contributed by atoms with van der Waals surface area (Å²) in [5.41, 5.74) is 1.15. The molecule has 0 spiro atoms.